The van der Waals surface area contributed by atoms with E-state index in [1.165, 1.54) is 18.1 Å². The molecule has 0 aliphatic carbocycles. The second-order valence-corrected chi connectivity index (χ2v) is 5.43. The van der Waals surface area contributed by atoms with E-state index in [2.05, 4.69) is 12.1 Å². The first-order valence-electron chi connectivity index (χ1n) is 6.36. The summed E-state index contributed by atoms with van der Waals surface area (Å²) < 4.78 is 18.5. The third kappa shape index (κ3) is 3.52. The van der Waals surface area contributed by atoms with Crippen molar-refractivity contribution in [2.45, 2.75) is 17.4 Å². The summed E-state index contributed by atoms with van der Waals surface area (Å²) in [5, 5.41) is 0. The van der Waals surface area contributed by atoms with Crippen LogP contribution in [0.2, 0.25) is 0 Å². The quantitative estimate of drug-likeness (QED) is 0.851. The Labute approximate surface area is 123 Å². The minimum absolute atomic E-state index is 0.140. The van der Waals surface area contributed by atoms with Crippen LogP contribution in [0.4, 0.5) is 4.39 Å². The fourth-order valence-corrected chi connectivity index (χ4v) is 2.47. The summed E-state index contributed by atoms with van der Waals surface area (Å²) in [6, 6.07) is 13.0. The summed E-state index contributed by atoms with van der Waals surface area (Å²) in [7, 11) is 1.46. The van der Waals surface area contributed by atoms with Gasteiger partial charge >= 0.3 is 0 Å². The minimum atomic E-state index is -0.352. The van der Waals surface area contributed by atoms with Gasteiger partial charge in [0.15, 0.2) is 11.6 Å². The fraction of sp³-hybridized carbons (Fsp3) is 0.250. The predicted octanol–water partition coefficient (Wildman–Crippen LogP) is 3.80. The molecule has 106 valence electrons. The van der Waals surface area contributed by atoms with Crippen molar-refractivity contribution in [1.82, 2.24) is 0 Å². The van der Waals surface area contributed by atoms with Gasteiger partial charge in [-0.1, -0.05) is 18.2 Å². The molecule has 20 heavy (non-hydrogen) atoms. The Morgan fingerprint density at radius 1 is 1.20 bits per heavy atom. The van der Waals surface area contributed by atoms with E-state index in [9.17, 15) is 4.39 Å². The molecule has 4 heteroatoms. The number of rotatable bonds is 5. The molecule has 0 fully saturated rings. The molecular formula is C16H18FNOS. The molecule has 0 aliphatic heterocycles. The maximum atomic E-state index is 13.6. The van der Waals surface area contributed by atoms with E-state index in [1.54, 1.807) is 17.8 Å². The number of methoxy groups -OCH3 is 1. The van der Waals surface area contributed by atoms with Gasteiger partial charge in [0.25, 0.3) is 0 Å². The van der Waals surface area contributed by atoms with Gasteiger partial charge in [0.05, 0.1) is 7.11 Å². The Morgan fingerprint density at radius 3 is 2.45 bits per heavy atom. The van der Waals surface area contributed by atoms with Crippen molar-refractivity contribution in [3.63, 3.8) is 0 Å². The zero-order chi connectivity index (χ0) is 14.5. The van der Waals surface area contributed by atoms with Crippen LogP contribution < -0.4 is 10.5 Å². The number of hydrogen-bond donors (Lipinski definition) is 1. The van der Waals surface area contributed by atoms with Gasteiger partial charge in [0.1, 0.15) is 0 Å². The Bertz CT molecular complexity index is 571. The molecule has 0 radical (unpaired) electrons. The molecule has 2 rings (SSSR count). The molecule has 0 saturated heterocycles. The molecule has 0 bridgehead atoms. The van der Waals surface area contributed by atoms with E-state index in [1.807, 2.05) is 24.5 Å². The highest BCUT2D eigenvalue weighted by Gasteiger charge is 2.09. The average molecular weight is 291 g/mol. The van der Waals surface area contributed by atoms with Crippen LogP contribution in [0.25, 0.3) is 0 Å². The summed E-state index contributed by atoms with van der Waals surface area (Å²) in [5.74, 6) is -0.0958. The summed E-state index contributed by atoms with van der Waals surface area (Å²) in [4.78, 5) is 1.21. The van der Waals surface area contributed by atoms with E-state index in [4.69, 9.17) is 10.5 Å². The molecule has 0 amide bonds. The van der Waals surface area contributed by atoms with Gasteiger partial charge in [0, 0.05) is 10.9 Å². The smallest absolute Gasteiger partial charge is 0.165 e. The molecule has 2 aromatic rings. The molecule has 0 spiro atoms. The van der Waals surface area contributed by atoms with Crippen LogP contribution in [0.15, 0.2) is 47.4 Å². The SMILES string of the molecule is COc1ccc(CC(N)c2ccc(SC)cc2)cc1F. The molecule has 0 heterocycles. The molecule has 2 aromatic carbocycles. The van der Waals surface area contributed by atoms with Crippen molar-refractivity contribution < 1.29 is 9.13 Å². The third-order valence-corrected chi connectivity index (χ3v) is 3.96. The topological polar surface area (TPSA) is 35.2 Å². The van der Waals surface area contributed by atoms with Gasteiger partial charge < -0.3 is 10.5 Å². The lowest BCUT2D eigenvalue weighted by atomic mass is 9.99. The number of hydrogen-bond acceptors (Lipinski definition) is 3. The van der Waals surface area contributed by atoms with Crippen molar-refractivity contribution in [3.05, 3.63) is 59.4 Å². The maximum absolute atomic E-state index is 13.6. The van der Waals surface area contributed by atoms with E-state index >= 15 is 0 Å². The van der Waals surface area contributed by atoms with Gasteiger partial charge in [-0.05, 0) is 48.1 Å². The molecule has 0 aromatic heterocycles. The van der Waals surface area contributed by atoms with Crippen molar-refractivity contribution in [2.75, 3.05) is 13.4 Å². The molecule has 1 unspecified atom stereocenters. The number of nitrogens with two attached hydrogens (primary N) is 1. The summed E-state index contributed by atoms with van der Waals surface area (Å²) in [6.07, 6.45) is 2.63. The van der Waals surface area contributed by atoms with Crippen molar-refractivity contribution >= 4 is 11.8 Å². The van der Waals surface area contributed by atoms with E-state index < -0.39 is 0 Å². The van der Waals surface area contributed by atoms with E-state index in [-0.39, 0.29) is 17.6 Å². The monoisotopic (exact) mass is 291 g/mol. The van der Waals surface area contributed by atoms with E-state index in [0.717, 1.165) is 11.1 Å². The largest absolute Gasteiger partial charge is 0.494 e. The highest BCUT2D eigenvalue weighted by Crippen LogP contribution is 2.23. The normalized spacial score (nSPS) is 12.2. The first-order valence-corrected chi connectivity index (χ1v) is 7.58. The van der Waals surface area contributed by atoms with Crippen LogP contribution in [0.5, 0.6) is 5.75 Å². The summed E-state index contributed by atoms with van der Waals surface area (Å²) >= 11 is 1.69. The Hall–Kier alpha value is -1.52. The molecule has 0 aliphatic rings. The molecule has 1 atom stereocenters. The fourth-order valence-electron chi connectivity index (χ4n) is 2.06. The van der Waals surface area contributed by atoms with Crippen molar-refractivity contribution in [1.29, 1.82) is 0 Å². The molecule has 2 N–H and O–H groups in total. The standard InChI is InChI=1S/C16H18FNOS/c1-19-16-8-3-11(9-14(16)17)10-15(18)12-4-6-13(20-2)7-5-12/h3-9,15H,10,18H2,1-2H3. The summed E-state index contributed by atoms with van der Waals surface area (Å²) in [5.41, 5.74) is 8.10. The molecular weight excluding hydrogens is 273 g/mol. The van der Waals surface area contributed by atoms with Crippen LogP contribution in [0.3, 0.4) is 0 Å². The molecule has 0 saturated carbocycles. The van der Waals surface area contributed by atoms with Crippen LogP contribution in [-0.4, -0.2) is 13.4 Å². The Morgan fingerprint density at radius 2 is 1.90 bits per heavy atom. The Balaban J connectivity index is 2.10. The van der Waals surface area contributed by atoms with Crippen LogP contribution in [-0.2, 0) is 6.42 Å². The minimum Gasteiger partial charge on any atom is -0.494 e. The van der Waals surface area contributed by atoms with Crippen molar-refractivity contribution in [2.24, 2.45) is 5.73 Å². The number of thioether (sulfide) groups is 1. The number of halogens is 1. The zero-order valence-electron chi connectivity index (χ0n) is 11.6. The lowest BCUT2D eigenvalue weighted by molar-refractivity contribution is 0.386. The van der Waals surface area contributed by atoms with Crippen LogP contribution in [0, 0.1) is 5.82 Å². The van der Waals surface area contributed by atoms with Crippen molar-refractivity contribution in [3.8, 4) is 5.75 Å². The van der Waals surface area contributed by atoms with Gasteiger partial charge in [-0.3, -0.25) is 0 Å². The highest BCUT2D eigenvalue weighted by atomic mass is 32.2. The highest BCUT2D eigenvalue weighted by molar-refractivity contribution is 7.98. The van der Waals surface area contributed by atoms with Crippen LogP contribution >= 0.6 is 11.8 Å². The lowest BCUT2D eigenvalue weighted by Gasteiger charge is -2.13. The van der Waals surface area contributed by atoms with Gasteiger partial charge in [0.2, 0.25) is 0 Å². The number of benzene rings is 2. The summed E-state index contributed by atoms with van der Waals surface area (Å²) in [6.45, 7) is 0. The van der Waals surface area contributed by atoms with Crippen LogP contribution in [0.1, 0.15) is 17.2 Å². The molecule has 2 nitrogen and oxygen atoms in total. The van der Waals surface area contributed by atoms with E-state index in [0.29, 0.717) is 6.42 Å². The van der Waals surface area contributed by atoms with Gasteiger partial charge in [-0.15, -0.1) is 11.8 Å². The first-order chi connectivity index (χ1) is 9.63. The predicted molar refractivity (Wildman–Crippen MR) is 81.8 cm³/mol. The second kappa shape index (κ2) is 6.77. The number of ether oxygens (including phenoxy) is 1. The average Bonchev–Trinajstić information content (AvgIpc) is 2.47. The van der Waals surface area contributed by atoms with Gasteiger partial charge in [-0.2, -0.15) is 0 Å². The second-order valence-electron chi connectivity index (χ2n) is 4.55. The maximum Gasteiger partial charge on any atom is 0.165 e. The lowest BCUT2D eigenvalue weighted by Crippen LogP contribution is -2.13. The Kier molecular flexibility index (Phi) is 5.04. The first kappa shape index (κ1) is 14.9. The zero-order valence-corrected chi connectivity index (χ0v) is 12.4. The third-order valence-electron chi connectivity index (χ3n) is 3.22. The van der Waals surface area contributed by atoms with Gasteiger partial charge in [-0.25, -0.2) is 4.39 Å².